The van der Waals surface area contributed by atoms with Crippen molar-refractivity contribution in [1.82, 2.24) is 10.6 Å². The molecule has 2 aromatic rings. The van der Waals surface area contributed by atoms with Crippen LogP contribution in [0.2, 0.25) is 0 Å². The molecule has 0 aliphatic rings. The molecule has 2 atom stereocenters. The van der Waals surface area contributed by atoms with Crippen LogP contribution in [-0.2, 0) is 11.2 Å². The van der Waals surface area contributed by atoms with E-state index in [2.05, 4.69) is 22.5 Å². The van der Waals surface area contributed by atoms with Crippen molar-refractivity contribution >= 4 is 11.8 Å². The molecular weight excluding hydrogens is 356 g/mol. The van der Waals surface area contributed by atoms with E-state index in [9.17, 15) is 14.7 Å². The van der Waals surface area contributed by atoms with Gasteiger partial charge in [0.25, 0.3) is 0 Å². The summed E-state index contributed by atoms with van der Waals surface area (Å²) in [4.78, 5) is 23.4. The zero-order chi connectivity index (χ0) is 20.4. The van der Waals surface area contributed by atoms with Gasteiger partial charge in [0.2, 0.25) is 0 Å². The van der Waals surface area contributed by atoms with Crippen LogP contribution in [0.15, 0.2) is 54.6 Å². The summed E-state index contributed by atoms with van der Waals surface area (Å²) in [5, 5.41) is 23.4. The highest BCUT2D eigenvalue weighted by atomic mass is 16.3. The van der Waals surface area contributed by atoms with Crippen molar-refractivity contribution in [3.8, 4) is 11.8 Å². The molecule has 6 heteroatoms. The largest absolute Gasteiger partial charge is 0.391 e. The van der Waals surface area contributed by atoms with Crippen LogP contribution < -0.4 is 10.6 Å². The van der Waals surface area contributed by atoms with E-state index >= 15 is 0 Å². The quantitative estimate of drug-likeness (QED) is 0.543. The van der Waals surface area contributed by atoms with Crippen molar-refractivity contribution in [3.05, 3.63) is 71.3 Å². The number of rotatable bonds is 7. The van der Waals surface area contributed by atoms with Crippen molar-refractivity contribution in [2.24, 2.45) is 0 Å². The normalized spacial score (nSPS) is 12.2. The lowest BCUT2D eigenvalue weighted by Gasteiger charge is -2.19. The van der Waals surface area contributed by atoms with Crippen molar-refractivity contribution in [1.29, 1.82) is 0 Å². The molecule has 0 bridgehead atoms. The summed E-state index contributed by atoms with van der Waals surface area (Å²) >= 11 is 0. The summed E-state index contributed by atoms with van der Waals surface area (Å²) in [6.07, 6.45) is -0.507. The second-order valence-corrected chi connectivity index (χ2v) is 6.31. The standard InChI is InChI=1S/C22H24N2O4/c1-16(26)21(20(27)15-25)24-22(28)23-13-12-19-9-5-8-18(14-19)11-10-17-6-3-2-4-7-17/h2-9,14,16,21,25-26H,12-13,15H2,1H3,(H2,23,24,28)/t16-,21+/m1/s1. The second kappa shape index (κ2) is 10.9. The summed E-state index contributed by atoms with van der Waals surface area (Å²) in [7, 11) is 0. The Kier molecular flexibility index (Phi) is 8.22. The van der Waals surface area contributed by atoms with Gasteiger partial charge in [0.15, 0.2) is 5.78 Å². The Morgan fingerprint density at radius 2 is 1.71 bits per heavy atom. The topological polar surface area (TPSA) is 98.7 Å². The van der Waals surface area contributed by atoms with Gasteiger partial charge in [0, 0.05) is 17.7 Å². The van der Waals surface area contributed by atoms with E-state index in [0.29, 0.717) is 13.0 Å². The monoisotopic (exact) mass is 380 g/mol. The van der Waals surface area contributed by atoms with E-state index in [0.717, 1.165) is 16.7 Å². The third-order valence-electron chi connectivity index (χ3n) is 4.02. The van der Waals surface area contributed by atoms with Gasteiger partial charge in [-0.1, -0.05) is 42.2 Å². The number of benzene rings is 2. The molecule has 6 nitrogen and oxygen atoms in total. The number of carbonyl (C=O) groups is 2. The fourth-order valence-electron chi connectivity index (χ4n) is 2.55. The van der Waals surface area contributed by atoms with Crippen LogP contribution in [0.5, 0.6) is 0 Å². The predicted octanol–water partition coefficient (Wildman–Crippen LogP) is 1.24. The Hall–Kier alpha value is -3.14. The van der Waals surface area contributed by atoms with E-state index < -0.39 is 30.6 Å². The highest BCUT2D eigenvalue weighted by molar-refractivity contribution is 5.89. The minimum atomic E-state index is -1.14. The molecule has 146 valence electrons. The van der Waals surface area contributed by atoms with Gasteiger partial charge < -0.3 is 20.8 Å². The number of aliphatic hydroxyl groups is 2. The molecule has 2 aromatic carbocycles. The molecule has 0 aromatic heterocycles. The van der Waals surface area contributed by atoms with Crippen LogP contribution in [0.3, 0.4) is 0 Å². The first-order valence-corrected chi connectivity index (χ1v) is 9.01. The molecule has 0 saturated carbocycles. The predicted molar refractivity (Wildman–Crippen MR) is 107 cm³/mol. The van der Waals surface area contributed by atoms with Gasteiger partial charge in [-0.25, -0.2) is 4.79 Å². The van der Waals surface area contributed by atoms with E-state index in [4.69, 9.17) is 5.11 Å². The number of hydrogen-bond donors (Lipinski definition) is 4. The third kappa shape index (κ3) is 6.88. The molecule has 28 heavy (non-hydrogen) atoms. The van der Waals surface area contributed by atoms with Crippen LogP contribution in [0, 0.1) is 11.8 Å². The molecule has 0 spiro atoms. The number of nitrogens with one attached hydrogen (secondary N) is 2. The van der Waals surface area contributed by atoms with Gasteiger partial charge in [-0.3, -0.25) is 4.79 Å². The second-order valence-electron chi connectivity index (χ2n) is 6.31. The Labute approximate surface area is 164 Å². The van der Waals surface area contributed by atoms with E-state index in [-0.39, 0.29) is 0 Å². The van der Waals surface area contributed by atoms with Crippen LogP contribution in [-0.4, -0.2) is 47.3 Å². The smallest absolute Gasteiger partial charge is 0.315 e. The number of Topliss-reactive ketones (excluding diaryl/α,β-unsaturated/α-hetero) is 1. The molecule has 0 fully saturated rings. The van der Waals surface area contributed by atoms with Crippen molar-refractivity contribution < 1.29 is 19.8 Å². The highest BCUT2D eigenvalue weighted by Gasteiger charge is 2.24. The maximum Gasteiger partial charge on any atom is 0.315 e. The number of carbonyl (C=O) groups excluding carboxylic acids is 2. The van der Waals surface area contributed by atoms with Crippen LogP contribution >= 0.6 is 0 Å². The number of aliphatic hydroxyl groups excluding tert-OH is 2. The lowest BCUT2D eigenvalue weighted by atomic mass is 10.1. The molecule has 0 aliphatic carbocycles. The average molecular weight is 380 g/mol. The van der Waals surface area contributed by atoms with Gasteiger partial charge in [0.05, 0.1) is 6.10 Å². The fourth-order valence-corrected chi connectivity index (χ4v) is 2.55. The molecule has 2 rings (SSSR count). The Morgan fingerprint density at radius 1 is 1.04 bits per heavy atom. The third-order valence-corrected chi connectivity index (χ3v) is 4.02. The van der Waals surface area contributed by atoms with Gasteiger partial charge >= 0.3 is 6.03 Å². The van der Waals surface area contributed by atoms with Crippen molar-refractivity contribution in [2.45, 2.75) is 25.5 Å². The minimum absolute atomic E-state index is 0.348. The number of hydrogen-bond acceptors (Lipinski definition) is 4. The zero-order valence-corrected chi connectivity index (χ0v) is 15.7. The number of amides is 2. The molecular formula is C22H24N2O4. The van der Waals surface area contributed by atoms with Gasteiger partial charge in [-0.2, -0.15) is 0 Å². The minimum Gasteiger partial charge on any atom is -0.391 e. The summed E-state index contributed by atoms with van der Waals surface area (Å²) in [6.45, 7) is 0.981. The van der Waals surface area contributed by atoms with Gasteiger partial charge in [0.1, 0.15) is 12.6 Å². The first kappa shape index (κ1) is 21.2. The van der Waals surface area contributed by atoms with Crippen molar-refractivity contribution in [2.75, 3.05) is 13.2 Å². The maximum absolute atomic E-state index is 11.9. The summed E-state index contributed by atoms with van der Waals surface area (Å²) < 4.78 is 0. The van der Waals surface area contributed by atoms with Crippen LogP contribution in [0.4, 0.5) is 4.79 Å². The Morgan fingerprint density at radius 3 is 2.39 bits per heavy atom. The van der Waals surface area contributed by atoms with Gasteiger partial charge in [-0.15, -0.1) is 0 Å². The molecule has 0 saturated heterocycles. The summed E-state index contributed by atoms with van der Waals surface area (Å²) in [5.41, 5.74) is 2.84. The molecule has 4 N–H and O–H groups in total. The van der Waals surface area contributed by atoms with E-state index in [1.54, 1.807) is 0 Å². The zero-order valence-electron chi connectivity index (χ0n) is 15.7. The van der Waals surface area contributed by atoms with Crippen molar-refractivity contribution in [3.63, 3.8) is 0 Å². The van der Waals surface area contributed by atoms with Gasteiger partial charge in [-0.05, 0) is 43.2 Å². The molecule has 0 aliphatic heterocycles. The molecule has 0 radical (unpaired) electrons. The van der Waals surface area contributed by atoms with E-state index in [1.165, 1.54) is 6.92 Å². The SMILES string of the molecule is C[C@@H](O)[C@H](NC(=O)NCCc1cccc(C#Cc2ccccc2)c1)C(=O)CO. The number of ketones is 1. The van der Waals surface area contributed by atoms with Crippen LogP contribution in [0.1, 0.15) is 23.6 Å². The first-order valence-electron chi connectivity index (χ1n) is 9.01. The number of urea groups is 1. The molecule has 0 unspecified atom stereocenters. The molecule has 0 heterocycles. The average Bonchev–Trinajstić information content (AvgIpc) is 2.71. The van der Waals surface area contributed by atoms with E-state index in [1.807, 2.05) is 54.6 Å². The van der Waals surface area contributed by atoms with Crippen LogP contribution in [0.25, 0.3) is 0 Å². The highest BCUT2D eigenvalue weighted by Crippen LogP contribution is 2.05. The maximum atomic E-state index is 11.9. The lowest BCUT2D eigenvalue weighted by molar-refractivity contribution is -0.125. The fraction of sp³-hybridized carbons (Fsp3) is 0.273. The molecule has 2 amide bonds. The first-order chi connectivity index (χ1) is 13.5. The summed E-state index contributed by atoms with van der Waals surface area (Å²) in [6, 6.07) is 15.7. The Balaban J connectivity index is 1.87. The Bertz CT molecular complexity index is 854. The lowest BCUT2D eigenvalue weighted by Crippen LogP contribution is -2.52. The summed E-state index contributed by atoms with van der Waals surface area (Å²) in [5.74, 6) is 5.58.